The average molecular weight is 269 g/mol. The summed E-state index contributed by atoms with van der Waals surface area (Å²) in [7, 11) is 0. The number of hydrogen-bond acceptors (Lipinski definition) is 4. The van der Waals surface area contributed by atoms with Crippen LogP contribution in [0.2, 0.25) is 0 Å². The molecule has 1 heterocycles. The molecule has 7 heteroatoms. The Hall–Kier alpha value is -2.08. The predicted molar refractivity (Wildman–Crippen MR) is 67.0 cm³/mol. The molecule has 6 nitrogen and oxygen atoms in total. The highest BCUT2D eigenvalue weighted by Crippen LogP contribution is 2.20. The first-order valence-corrected chi connectivity index (χ1v) is 5.57. The molecule has 0 N–H and O–H groups in total. The van der Waals surface area contributed by atoms with Crippen LogP contribution in [0.5, 0.6) is 0 Å². The average Bonchev–Trinajstić information content (AvgIpc) is 2.65. The van der Waals surface area contributed by atoms with Crippen LogP contribution in [0.4, 0.5) is 5.69 Å². The molecular formula is C11H9ClN2O4. The molecule has 0 unspecified atom stereocenters. The number of nitrogens with zero attached hydrogens (tertiary/aromatic N) is 2. The Morgan fingerprint density at radius 2 is 2.28 bits per heavy atom. The van der Waals surface area contributed by atoms with Gasteiger partial charge >= 0.3 is 5.76 Å². The van der Waals surface area contributed by atoms with E-state index in [1.54, 1.807) is 0 Å². The Balaban J connectivity index is 2.60. The fourth-order valence-corrected chi connectivity index (χ4v) is 1.66. The summed E-state index contributed by atoms with van der Waals surface area (Å²) >= 11 is 5.60. The molecule has 0 bridgehead atoms. The minimum Gasteiger partial charge on any atom is -0.408 e. The van der Waals surface area contributed by atoms with Crippen LogP contribution >= 0.6 is 11.6 Å². The van der Waals surface area contributed by atoms with E-state index in [0.29, 0.717) is 16.7 Å². The first-order valence-electron chi connectivity index (χ1n) is 5.03. The van der Waals surface area contributed by atoms with E-state index in [-0.39, 0.29) is 18.1 Å². The molecule has 18 heavy (non-hydrogen) atoms. The quantitative estimate of drug-likeness (QED) is 0.369. The minimum absolute atomic E-state index is 0.103. The lowest BCUT2D eigenvalue weighted by Crippen LogP contribution is -2.15. The van der Waals surface area contributed by atoms with E-state index >= 15 is 0 Å². The molecule has 0 saturated carbocycles. The van der Waals surface area contributed by atoms with Crippen LogP contribution in [0.3, 0.4) is 0 Å². The lowest BCUT2D eigenvalue weighted by Gasteiger charge is -2.02. The molecule has 1 aromatic heterocycles. The van der Waals surface area contributed by atoms with Gasteiger partial charge in [0.15, 0.2) is 5.58 Å². The molecule has 2 aromatic rings. The Morgan fingerprint density at radius 1 is 1.56 bits per heavy atom. The summed E-state index contributed by atoms with van der Waals surface area (Å²) in [4.78, 5) is 21.8. The van der Waals surface area contributed by atoms with Crippen LogP contribution in [-0.2, 0) is 6.54 Å². The number of allylic oxidation sites excluding steroid dienone is 1. The van der Waals surface area contributed by atoms with Crippen molar-refractivity contribution in [2.45, 2.75) is 6.54 Å². The van der Waals surface area contributed by atoms with Crippen molar-refractivity contribution in [3.8, 4) is 0 Å². The van der Waals surface area contributed by atoms with Crippen molar-refractivity contribution in [2.24, 2.45) is 0 Å². The summed E-state index contributed by atoms with van der Waals surface area (Å²) in [5, 5.41) is 10.7. The zero-order valence-corrected chi connectivity index (χ0v) is 10.0. The molecule has 0 aliphatic rings. The molecule has 0 radical (unpaired) electrons. The first kappa shape index (κ1) is 12.4. The normalized spacial score (nSPS) is 10.7. The van der Waals surface area contributed by atoms with Crippen LogP contribution in [0.25, 0.3) is 11.1 Å². The van der Waals surface area contributed by atoms with Gasteiger partial charge in [-0.05, 0) is 11.6 Å². The highest BCUT2D eigenvalue weighted by molar-refractivity contribution is 6.19. The third-order valence-electron chi connectivity index (χ3n) is 2.43. The van der Waals surface area contributed by atoms with Gasteiger partial charge in [-0.2, -0.15) is 0 Å². The Kier molecular flexibility index (Phi) is 3.20. The van der Waals surface area contributed by atoms with Crippen LogP contribution < -0.4 is 5.76 Å². The van der Waals surface area contributed by atoms with Crippen molar-refractivity contribution in [3.63, 3.8) is 0 Å². The Morgan fingerprint density at radius 3 is 2.89 bits per heavy atom. The van der Waals surface area contributed by atoms with Crippen molar-refractivity contribution >= 4 is 28.4 Å². The first-order chi connectivity index (χ1) is 8.52. The van der Waals surface area contributed by atoms with E-state index in [4.69, 9.17) is 16.0 Å². The molecule has 0 aliphatic carbocycles. The van der Waals surface area contributed by atoms with Gasteiger partial charge in [0.05, 0.1) is 17.0 Å². The van der Waals surface area contributed by atoms with Crippen molar-refractivity contribution in [1.29, 1.82) is 0 Å². The van der Waals surface area contributed by atoms with Gasteiger partial charge in [0.2, 0.25) is 0 Å². The zero-order valence-electron chi connectivity index (χ0n) is 9.26. The molecule has 0 aliphatic heterocycles. The van der Waals surface area contributed by atoms with Crippen molar-refractivity contribution in [1.82, 2.24) is 4.57 Å². The summed E-state index contributed by atoms with van der Waals surface area (Å²) in [6.45, 7) is 3.86. The molecule has 2 rings (SSSR count). The second-order valence-electron chi connectivity index (χ2n) is 3.75. The van der Waals surface area contributed by atoms with E-state index < -0.39 is 10.7 Å². The van der Waals surface area contributed by atoms with Gasteiger partial charge in [-0.1, -0.05) is 6.58 Å². The van der Waals surface area contributed by atoms with Gasteiger partial charge in [-0.25, -0.2) is 4.79 Å². The van der Waals surface area contributed by atoms with E-state index in [1.165, 1.54) is 22.8 Å². The maximum absolute atomic E-state index is 11.6. The number of benzene rings is 1. The lowest BCUT2D eigenvalue weighted by molar-refractivity contribution is -0.384. The van der Waals surface area contributed by atoms with Gasteiger partial charge in [0.25, 0.3) is 5.69 Å². The maximum atomic E-state index is 11.6. The number of nitro benzene ring substituents is 1. The Labute approximate surface area is 106 Å². The second-order valence-corrected chi connectivity index (χ2v) is 4.01. The third kappa shape index (κ3) is 2.14. The van der Waals surface area contributed by atoms with Crippen LogP contribution in [0, 0.1) is 10.1 Å². The highest BCUT2D eigenvalue weighted by atomic mass is 35.5. The van der Waals surface area contributed by atoms with Crippen LogP contribution in [0.15, 0.2) is 39.6 Å². The number of non-ortho nitro benzene ring substituents is 1. The molecule has 0 saturated heterocycles. The molecule has 0 spiro atoms. The zero-order chi connectivity index (χ0) is 13.3. The third-order valence-corrected chi connectivity index (χ3v) is 2.81. The SMILES string of the molecule is C=C(CCl)Cn1c(=O)oc2ccc([N+](=O)[O-])cc21. The number of hydrogen-bond donors (Lipinski definition) is 0. The topological polar surface area (TPSA) is 78.3 Å². The largest absolute Gasteiger partial charge is 0.420 e. The summed E-state index contributed by atoms with van der Waals surface area (Å²) < 4.78 is 6.25. The standard InChI is InChI=1S/C11H9ClN2O4/c1-7(5-12)6-13-9-4-8(14(16)17)2-3-10(9)18-11(13)15/h2-4H,1,5-6H2. The number of fused-ring (bicyclic) bond motifs is 1. The molecule has 94 valence electrons. The number of alkyl halides is 1. The number of halogens is 1. The fourth-order valence-electron chi connectivity index (χ4n) is 1.58. The smallest absolute Gasteiger partial charge is 0.408 e. The maximum Gasteiger partial charge on any atom is 0.420 e. The molecule has 0 amide bonds. The summed E-state index contributed by atoms with van der Waals surface area (Å²) in [6, 6.07) is 3.97. The van der Waals surface area contributed by atoms with Crippen LogP contribution in [0.1, 0.15) is 0 Å². The van der Waals surface area contributed by atoms with Crippen molar-refractivity contribution in [3.05, 3.63) is 51.0 Å². The number of oxazole rings is 1. The van der Waals surface area contributed by atoms with Gasteiger partial charge in [-0.15, -0.1) is 11.6 Å². The predicted octanol–water partition coefficient (Wildman–Crippen LogP) is 2.30. The molecule has 1 aromatic carbocycles. The minimum atomic E-state index is -0.586. The van der Waals surface area contributed by atoms with E-state index in [1.807, 2.05) is 0 Å². The number of nitro groups is 1. The number of rotatable bonds is 4. The fraction of sp³-hybridized carbons (Fsp3) is 0.182. The summed E-state index contributed by atoms with van der Waals surface area (Å²) in [5.74, 6) is -0.384. The van der Waals surface area contributed by atoms with Crippen molar-refractivity contribution in [2.75, 3.05) is 5.88 Å². The van der Waals surface area contributed by atoms with E-state index in [9.17, 15) is 14.9 Å². The van der Waals surface area contributed by atoms with Crippen molar-refractivity contribution < 1.29 is 9.34 Å². The van der Waals surface area contributed by atoms with Gasteiger partial charge in [-0.3, -0.25) is 14.7 Å². The van der Waals surface area contributed by atoms with Crippen LogP contribution in [-0.4, -0.2) is 15.4 Å². The highest BCUT2D eigenvalue weighted by Gasteiger charge is 2.14. The second kappa shape index (κ2) is 4.66. The van der Waals surface area contributed by atoms with Gasteiger partial charge in [0, 0.05) is 18.0 Å². The number of aromatic nitrogens is 1. The monoisotopic (exact) mass is 268 g/mol. The molecule has 0 fully saturated rings. The van der Waals surface area contributed by atoms with Gasteiger partial charge < -0.3 is 4.42 Å². The summed E-state index contributed by atoms with van der Waals surface area (Å²) in [5.41, 5.74) is 1.18. The summed E-state index contributed by atoms with van der Waals surface area (Å²) in [6.07, 6.45) is 0. The van der Waals surface area contributed by atoms with E-state index in [2.05, 4.69) is 6.58 Å². The Bertz CT molecular complexity index is 686. The lowest BCUT2D eigenvalue weighted by atomic mass is 10.2. The molecular weight excluding hydrogens is 260 g/mol. The molecule has 0 atom stereocenters. The van der Waals surface area contributed by atoms with E-state index in [0.717, 1.165) is 0 Å². The van der Waals surface area contributed by atoms with Gasteiger partial charge in [0.1, 0.15) is 0 Å².